The number of benzene rings is 4. The zero-order valence-electron chi connectivity index (χ0n) is 19.2. The number of ether oxygens (including phenoxy) is 1. The molecule has 0 fully saturated rings. The van der Waals surface area contributed by atoms with E-state index in [0.29, 0.717) is 42.0 Å². The van der Waals surface area contributed by atoms with Crippen molar-refractivity contribution in [2.75, 3.05) is 0 Å². The largest absolute Gasteiger partial charge is 0.486 e. The van der Waals surface area contributed by atoms with Gasteiger partial charge in [-0.25, -0.2) is 5.43 Å². The van der Waals surface area contributed by atoms with Crippen LogP contribution in [0.3, 0.4) is 0 Å². The molecule has 0 aliphatic carbocycles. The van der Waals surface area contributed by atoms with E-state index in [1.165, 1.54) is 6.21 Å². The van der Waals surface area contributed by atoms with Crippen molar-refractivity contribution in [3.05, 3.63) is 133 Å². The summed E-state index contributed by atoms with van der Waals surface area (Å²) in [6, 6.07) is 25.9. The van der Waals surface area contributed by atoms with Gasteiger partial charge >= 0.3 is 0 Å². The third-order valence-electron chi connectivity index (χ3n) is 5.50. The molecule has 0 saturated carbocycles. The first kappa shape index (κ1) is 27.2. The number of hydrogen-bond acceptors (Lipinski definition) is 4. The monoisotopic (exact) mass is 616 g/mol. The number of rotatable bonds is 8. The number of amides is 1. The van der Waals surface area contributed by atoms with E-state index in [9.17, 15) is 9.90 Å². The van der Waals surface area contributed by atoms with Crippen molar-refractivity contribution in [2.45, 2.75) is 12.2 Å². The average molecular weight is 619 g/mol. The molecule has 37 heavy (non-hydrogen) atoms. The van der Waals surface area contributed by atoms with Gasteiger partial charge in [0.2, 0.25) is 0 Å². The van der Waals surface area contributed by atoms with Crippen LogP contribution in [0, 0.1) is 0 Å². The van der Waals surface area contributed by atoms with Crippen LogP contribution in [0.4, 0.5) is 0 Å². The summed E-state index contributed by atoms with van der Waals surface area (Å²) in [7, 11) is 0. The Bertz CT molecular complexity index is 1370. The Balaban J connectivity index is 1.49. The number of hydrazone groups is 1. The summed E-state index contributed by atoms with van der Waals surface area (Å²) in [5.74, 6) is -0.275. The number of nitrogens with zero attached hydrogens (tertiary/aromatic N) is 1. The molecule has 0 spiro atoms. The zero-order valence-corrected chi connectivity index (χ0v) is 23.0. The van der Waals surface area contributed by atoms with Crippen LogP contribution in [-0.2, 0) is 17.0 Å². The second-order valence-corrected chi connectivity index (χ2v) is 10.1. The van der Waals surface area contributed by atoms with Gasteiger partial charge in [-0.3, -0.25) is 4.79 Å². The van der Waals surface area contributed by atoms with Crippen LogP contribution in [0.1, 0.15) is 22.3 Å². The lowest BCUT2D eigenvalue weighted by Crippen LogP contribution is -2.43. The first-order valence-corrected chi connectivity index (χ1v) is 12.9. The topological polar surface area (TPSA) is 70.9 Å². The summed E-state index contributed by atoms with van der Waals surface area (Å²) in [5.41, 5.74) is 2.70. The van der Waals surface area contributed by atoms with Crippen molar-refractivity contribution in [3.63, 3.8) is 0 Å². The quantitative estimate of drug-likeness (QED) is 0.160. The van der Waals surface area contributed by atoms with E-state index < -0.39 is 11.5 Å². The Morgan fingerprint density at radius 2 is 1.54 bits per heavy atom. The van der Waals surface area contributed by atoms with E-state index in [0.717, 1.165) is 5.56 Å². The number of carbonyl (C=O) groups is 1. The van der Waals surface area contributed by atoms with E-state index >= 15 is 0 Å². The van der Waals surface area contributed by atoms with E-state index in [-0.39, 0.29) is 6.61 Å². The molecule has 0 unspecified atom stereocenters. The minimum absolute atomic E-state index is 0.190. The minimum atomic E-state index is -1.93. The highest BCUT2D eigenvalue weighted by molar-refractivity contribution is 9.10. The number of halogens is 4. The van der Waals surface area contributed by atoms with Gasteiger partial charge in [0.25, 0.3) is 5.91 Å². The highest BCUT2D eigenvalue weighted by Gasteiger charge is 2.39. The van der Waals surface area contributed by atoms with Gasteiger partial charge < -0.3 is 9.84 Å². The smallest absolute Gasteiger partial charge is 0.281 e. The molecule has 9 heteroatoms. The lowest BCUT2D eigenvalue weighted by Gasteiger charge is -2.27. The second kappa shape index (κ2) is 12.1. The molecule has 5 nitrogen and oxygen atoms in total. The maximum atomic E-state index is 13.2. The predicted molar refractivity (Wildman–Crippen MR) is 152 cm³/mol. The second-order valence-electron chi connectivity index (χ2n) is 7.98. The summed E-state index contributed by atoms with van der Waals surface area (Å²) in [6.45, 7) is 0.190. The molecule has 0 bridgehead atoms. The van der Waals surface area contributed by atoms with Gasteiger partial charge in [0.15, 0.2) is 11.4 Å². The van der Waals surface area contributed by atoms with E-state index in [2.05, 4.69) is 26.5 Å². The molecular formula is C28H20BrCl3N2O3. The first-order chi connectivity index (χ1) is 17.8. The van der Waals surface area contributed by atoms with Crippen molar-refractivity contribution in [1.29, 1.82) is 0 Å². The highest BCUT2D eigenvalue weighted by atomic mass is 79.9. The van der Waals surface area contributed by atoms with Crippen LogP contribution >= 0.6 is 50.7 Å². The fourth-order valence-corrected chi connectivity index (χ4v) is 5.07. The third-order valence-corrected chi connectivity index (χ3v) is 6.96. The van der Waals surface area contributed by atoms with Crippen molar-refractivity contribution < 1.29 is 14.6 Å². The van der Waals surface area contributed by atoms with Crippen LogP contribution in [-0.4, -0.2) is 17.2 Å². The number of hydrogen-bond donors (Lipinski definition) is 2. The molecule has 188 valence electrons. The summed E-state index contributed by atoms with van der Waals surface area (Å²) < 4.78 is 6.45. The standard InChI is InChI=1S/C28H20BrCl3N2O3/c29-23-13-18(14-25(32)26(23)37-17-19-11-12-22(30)15-24(19)31)16-33-34-27(35)28(36,20-7-3-1-4-8-20)21-9-5-2-6-10-21/h1-16,36H,17H2,(H,34,35)/b33-16+. The summed E-state index contributed by atoms with van der Waals surface area (Å²) in [6.07, 6.45) is 1.42. The normalized spacial score (nSPS) is 11.5. The molecule has 0 aliphatic heterocycles. The molecule has 0 saturated heterocycles. The number of carbonyl (C=O) groups excluding carboxylic acids is 1. The Hall–Kier alpha value is -2.87. The SMILES string of the molecule is O=C(N/N=C/c1cc(Cl)c(OCc2ccc(Cl)cc2Cl)c(Br)c1)C(O)(c1ccccc1)c1ccccc1. The van der Waals surface area contributed by atoms with Gasteiger partial charge in [0, 0.05) is 15.6 Å². The zero-order chi connectivity index (χ0) is 26.4. The highest BCUT2D eigenvalue weighted by Crippen LogP contribution is 2.35. The third kappa shape index (κ3) is 6.35. The van der Waals surface area contributed by atoms with Gasteiger partial charge in [-0.05, 0) is 56.9 Å². The van der Waals surface area contributed by atoms with Crippen molar-refractivity contribution in [1.82, 2.24) is 5.43 Å². The Kier molecular flexibility index (Phi) is 8.90. The fourth-order valence-electron chi connectivity index (χ4n) is 3.61. The Labute approximate surface area is 237 Å². The maximum absolute atomic E-state index is 13.2. The predicted octanol–water partition coefficient (Wildman–Crippen LogP) is 7.37. The molecule has 0 atom stereocenters. The minimum Gasteiger partial charge on any atom is -0.486 e. The molecular weight excluding hydrogens is 599 g/mol. The van der Waals surface area contributed by atoms with Crippen LogP contribution in [0.15, 0.2) is 101 Å². The molecule has 2 N–H and O–H groups in total. The van der Waals surface area contributed by atoms with Gasteiger partial charge in [-0.15, -0.1) is 0 Å². The van der Waals surface area contributed by atoms with E-state index in [4.69, 9.17) is 39.5 Å². The summed E-state index contributed by atoms with van der Waals surface area (Å²) in [5, 5.41) is 16.9. The maximum Gasteiger partial charge on any atom is 0.281 e. The molecule has 4 aromatic rings. The van der Waals surface area contributed by atoms with Crippen molar-refractivity contribution in [2.24, 2.45) is 5.10 Å². The molecule has 4 rings (SSSR count). The molecule has 0 aromatic heterocycles. The molecule has 0 aliphatic rings. The van der Waals surface area contributed by atoms with E-state index in [1.54, 1.807) is 78.9 Å². The fraction of sp³-hybridized carbons (Fsp3) is 0.0714. The Morgan fingerprint density at radius 1 is 0.919 bits per heavy atom. The first-order valence-electron chi connectivity index (χ1n) is 11.0. The molecule has 4 aromatic carbocycles. The molecule has 1 amide bonds. The summed E-state index contributed by atoms with van der Waals surface area (Å²) in [4.78, 5) is 13.2. The van der Waals surface area contributed by atoms with Crippen molar-refractivity contribution in [3.8, 4) is 5.75 Å². The molecule has 0 heterocycles. The van der Waals surface area contributed by atoms with Gasteiger partial charge in [-0.1, -0.05) is 102 Å². The van der Waals surface area contributed by atoms with Crippen LogP contribution in [0.2, 0.25) is 15.1 Å². The summed E-state index contributed by atoms with van der Waals surface area (Å²) >= 11 is 22.1. The molecule has 0 radical (unpaired) electrons. The van der Waals surface area contributed by atoms with Gasteiger partial charge in [0.1, 0.15) is 6.61 Å². The van der Waals surface area contributed by atoms with Gasteiger partial charge in [-0.2, -0.15) is 5.10 Å². The number of nitrogens with one attached hydrogen (secondary N) is 1. The number of aliphatic hydroxyl groups is 1. The average Bonchev–Trinajstić information content (AvgIpc) is 2.89. The van der Waals surface area contributed by atoms with Crippen LogP contribution in [0.5, 0.6) is 5.75 Å². The van der Waals surface area contributed by atoms with Crippen LogP contribution < -0.4 is 10.2 Å². The van der Waals surface area contributed by atoms with Gasteiger partial charge in [0.05, 0.1) is 15.7 Å². The van der Waals surface area contributed by atoms with Crippen molar-refractivity contribution >= 4 is 62.9 Å². The lowest BCUT2D eigenvalue weighted by atomic mass is 9.85. The lowest BCUT2D eigenvalue weighted by molar-refractivity contribution is -0.136. The Morgan fingerprint density at radius 3 is 2.11 bits per heavy atom. The van der Waals surface area contributed by atoms with Crippen LogP contribution in [0.25, 0.3) is 0 Å². The van der Waals surface area contributed by atoms with E-state index in [1.807, 2.05) is 12.1 Å².